The minimum atomic E-state index is -0.606. The minimum Gasteiger partial charge on any atom is -0.466 e. The second kappa shape index (κ2) is 8.93. The highest BCUT2D eigenvalue weighted by atomic mass is 19.1. The highest BCUT2D eigenvalue weighted by Crippen LogP contribution is 2.38. The van der Waals surface area contributed by atoms with Crippen LogP contribution in [0.25, 0.3) is 21.9 Å². The van der Waals surface area contributed by atoms with Gasteiger partial charge in [-0.25, -0.2) is 18.6 Å². The summed E-state index contributed by atoms with van der Waals surface area (Å²) in [4.78, 5) is 33.8. The molecule has 4 heterocycles. The van der Waals surface area contributed by atoms with Gasteiger partial charge in [0, 0.05) is 35.3 Å². The number of H-pyrrole nitrogens is 1. The quantitative estimate of drug-likeness (QED) is 0.353. The Hall–Kier alpha value is -3.83. The number of carbonyl (C=O) groups is 1. The van der Waals surface area contributed by atoms with E-state index in [9.17, 15) is 23.5 Å². The van der Waals surface area contributed by atoms with Crippen molar-refractivity contribution in [2.24, 2.45) is 0 Å². The molecule has 1 saturated carbocycles. The number of anilines is 1. The van der Waals surface area contributed by atoms with Crippen LogP contribution in [0.15, 0.2) is 45.7 Å². The average Bonchev–Trinajstić information content (AvgIpc) is 3.34. The molecule has 0 spiro atoms. The number of aromatic amines is 1. The molecule has 4 aromatic rings. The van der Waals surface area contributed by atoms with E-state index < -0.39 is 22.8 Å². The molecular weight excluding hydrogens is 486 g/mol. The number of amides is 1. The van der Waals surface area contributed by atoms with Gasteiger partial charge in [-0.3, -0.25) is 4.79 Å². The highest BCUT2D eigenvalue weighted by Gasteiger charge is 2.40. The molecule has 1 amide bonds. The first-order valence-corrected chi connectivity index (χ1v) is 12.1. The molecule has 1 fully saturated rings. The van der Waals surface area contributed by atoms with Crippen molar-refractivity contribution in [3.8, 4) is 5.88 Å². The van der Waals surface area contributed by atoms with Gasteiger partial charge in [-0.15, -0.1) is 0 Å². The molecule has 37 heavy (non-hydrogen) atoms. The van der Waals surface area contributed by atoms with Crippen LogP contribution in [-0.2, 0) is 11.3 Å². The molecule has 0 saturated heterocycles. The van der Waals surface area contributed by atoms with E-state index >= 15 is 0 Å². The Morgan fingerprint density at radius 2 is 1.95 bits per heavy atom. The summed E-state index contributed by atoms with van der Waals surface area (Å²) in [6, 6.07) is 6.72. The van der Waals surface area contributed by atoms with E-state index in [2.05, 4.69) is 15.3 Å². The van der Waals surface area contributed by atoms with Gasteiger partial charge in [0.25, 0.3) is 5.91 Å². The van der Waals surface area contributed by atoms with Crippen LogP contribution in [0.3, 0.4) is 0 Å². The van der Waals surface area contributed by atoms with Crippen molar-refractivity contribution < 1.29 is 27.8 Å². The number of halogens is 2. The van der Waals surface area contributed by atoms with Gasteiger partial charge in [0.2, 0.25) is 5.88 Å². The van der Waals surface area contributed by atoms with Crippen molar-refractivity contribution in [2.45, 2.75) is 43.8 Å². The summed E-state index contributed by atoms with van der Waals surface area (Å²) in [5.74, 6) is -1.01. The fourth-order valence-corrected chi connectivity index (χ4v) is 5.44. The zero-order valence-electron chi connectivity index (χ0n) is 19.7. The van der Waals surface area contributed by atoms with Crippen LogP contribution < -0.4 is 20.6 Å². The van der Waals surface area contributed by atoms with E-state index in [0.717, 1.165) is 6.20 Å². The van der Waals surface area contributed by atoms with Gasteiger partial charge >= 0.3 is 5.63 Å². The number of hydrogen-bond acceptors (Lipinski definition) is 7. The third kappa shape index (κ3) is 4.13. The third-order valence-electron chi connectivity index (χ3n) is 7.40. The zero-order valence-corrected chi connectivity index (χ0v) is 19.7. The molecule has 11 heteroatoms. The Kier molecular flexibility index (Phi) is 5.68. The van der Waals surface area contributed by atoms with Crippen molar-refractivity contribution in [1.29, 1.82) is 0 Å². The number of aromatic nitrogens is 2. The Labute approximate surface area is 209 Å². The van der Waals surface area contributed by atoms with Crippen LogP contribution in [0.1, 0.15) is 31.4 Å². The predicted octanol–water partition coefficient (Wildman–Crippen LogP) is 3.14. The van der Waals surface area contributed by atoms with Gasteiger partial charge in [-0.05, 0) is 49.9 Å². The SMILES string of the molecule is O=C1COc2ncc(F)cc2N1C1CCC(CO)(NCc2cc3c(=O)oc4ccc(F)cc4c3[nH]2)CC1. The lowest BCUT2D eigenvalue weighted by Crippen LogP contribution is -2.55. The lowest BCUT2D eigenvalue weighted by atomic mass is 9.79. The number of nitrogens with one attached hydrogen (secondary N) is 2. The van der Waals surface area contributed by atoms with Crippen molar-refractivity contribution in [1.82, 2.24) is 15.3 Å². The number of nitrogens with zero attached hydrogens (tertiary/aromatic N) is 2. The third-order valence-corrected chi connectivity index (χ3v) is 7.40. The zero-order chi connectivity index (χ0) is 25.7. The number of aliphatic hydroxyl groups is 1. The minimum absolute atomic E-state index is 0.125. The number of benzene rings is 1. The monoisotopic (exact) mass is 510 g/mol. The lowest BCUT2D eigenvalue weighted by Gasteiger charge is -2.44. The highest BCUT2D eigenvalue weighted by molar-refractivity contribution is 6.02. The molecule has 192 valence electrons. The number of carbonyl (C=O) groups excluding carboxylic acids is 1. The molecule has 2 aliphatic rings. The smallest absolute Gasteiger partial charge is 0.345 e. The summed E-state index contributed by atoms with van der Waals surface area (Å²) in [7, 11) is 0. The molecule has 1 aliphatic heterocycles. The number of hydrogen-bond donors (Lipinski definition) is 3. The number of pyridine rings is 1. The van der Waals surface area contributed by atoms with Gasteiger partial charge in [0.1, 0.15) is 22.9 Å². The van der Waals surface area contributed by atoms with E-state index in [-0.39, 0.29) is 31.0 Å². The first-order valence-electron chi connectivity index (χ1n) is 12.1. The average molecular weight is 510 g/mol. The number of aliphatic hydroxyl groups excluding tert-OH is 1. The second-order valence-corrected chi connectivity index (χ2v) is 9.67. The summed E-state index contributed by atoms with van der Waals surface area (Å²) in [6.07, 6.45) is 3.34. The maximum absolute atomic E-state index is 13.9. The summed E-state index contributed by atoms with van der Waals surface area (Å²) >= 11 is 0. The standard InChI is InChI=1S/C26H24F2N4O5/c27-14-1-2-21-18(7-14)23-19(25(35)37-21)9-16(31-23)11-30-26(13-33)5-3-17(4-6-26)32-20-8-15(28)10-29-24(20)36-12-22(32)34/h1-2,7-10,17,30-31,33H,3-6,11-13H2. The molecule has 3 aromatic heterocycles. The lowest BCUT2D eigenvalue weighted by molar-refractivity contribution is -0.122. The molecule has 1 aromatic carbocycles. The van der Waals surface area contributed by atoms with Crippen molar-refractivity contribution in [2.75, 3.05) is 18.1 Å². The van der Waals surface area contributed by atoms with Crippen LogP contribution in [0, 0.1) is 11.6 Å². The summed E-state index contributed by atoms with van der Waals surface area (Å²) < 4.78 is 38.4. The Morgan fingerprint density at radius 3 is 2.73 bits per heavy atom. The molecule has 6 rings (SSSR count). The predicted molar refractivity (Wildman–Crippen MR) is 130 cm³/mol. The van der Waals surface area contributed by atoms with Crippen molar-refractivity contribution in [3.05, 3.63) is 64.3 Å². The van der Waals surface area contributed by atoms with E-state index in [1.807, 2.05) is 0 Å². The molecular formula is C26H24F2N4O5. The fraction of sp³-hybridized carbons (Fsp3) is 0.346. The van der Waals surface area contributed by atoms with Gasteiger partial charge in [0.15, 0.2) is 6.61 Å². The van der Waals surface area contributed by atoms with Crippen molar-refractivity contribution >= 4 is 33.5 Å². The van der Waals surface area contributed by atoms with Gasteiger partial charge in [-0.2, -0.15) is 0 Å². The number of rotatable bonds is 5. The van der Waals surface area contributed by atoms with E-state index in [1.54, 1.807) is 11.0 Å². The number of ether oxygens (including phenoxy) is 1. The Bertz CT molecular complexity index is 1570. The fourth-order valence-electron chi connectivity index (χ4n) is 5.44. The Morgan fingerprint density at radius 1 is 1.14 bits per heavy atom. The van der Waals surface area contributed by atoms with Crippen LogP contribution in [0.4, 0.5) is 14.5 Å². The molecule has 3 N–H and O–H groups in total. The molecule has 0 bridgehead atoms. The van der Waals surface area contributed by atoms with E-state index in [0.29, 0.717) is 65.5 Å². The van der Waals surface area contributed by atoms with E-state index in [4.69, 9.17) is 9.15 Å². The Balaban J connectivity index is 1.20. The summed E-state index contributed by atoms with van der Waals surface area (Å²) in [5.41, 5.74) is 0.675. The molecule has 0 unspecified atom stereocenters. The molecule has 1 aliphatic carbocycles. The molecule has 9 nitrogen and oxygen atoms in total. The second-order valence-electron chi connectivity index (χ2n) is 9.67. The van der Waals surface area contributed by atoms with Gasteiger partial charge in [0.05, 0.1) is 23.7 Å². The van der Waals surface area contributed by atoms with Crippen LogP contribution in [0.5, 0.6) is 5.88 Å². The largest absolute Gasteiger partial charge is 0.466 e. The van der Waals surface area contributed by atoms with Gasteiger partial charge in [-0.1, -0.05) is 0 Å². The summed E-state index contributed by atoms with van der Waals surface area (Å²) in [6.45, 7) is 0.0448. The van der Waals surface area contributed by atoms with E-state index in [1.165, 1.54) is 24.3 Å². The molecule has 0 atom stereocenters. The first-order chi connectivity index (χ1) is 17.9. The van der Waals surface area contributed by atoms with Crippen LogP contribution in [-0.4, -0.2) is 45.8 Å². The molecule has 0 radical (unpaired) electrons. The maximum atomic E-state index is 13.9. The topological polar surface area (TPSA) is 121 Å². The normalized spacial score (nSPS) is 21.9. The first kappa shape index (κ1) is 23.6. The van der Waals surface area contributed by atoms with Crippen molar-refractivity contribution in [3.63, 3.8) is 0 Å². The summed E-state index contributed by atoms with van der Waals surface area (Å²) in [5, 5.41) is 14.5. The van der Waals surface area contributed by atoms with Gasteiger partial charge < -0.3 is 29.5 Å². The van der Waals surface area contributed by atoms with Crippen LogP contribution >= 0.6 is 0 Å². The maximum Gasteiger partial charge on any atom is 0.345 e. The number of fused-ring (bicyclic) bond motifs is 4. The van der Waals surface area contributed by atoms with Crippen LogP contribution in [0.2, 0.25) is 0 Å².